The third-order valence-electron chi connectivity index (χ3n) is 1.64. The summed E-state index contributed by atoms with van der Waals surface area (Å²) in [4.78, 5) is 7.84. The van der Waals surface area contributed by atoms with E-state index in [0.717, 1.165) is 0 Å². The zero-order valence-corrected chi connectivity index (χ0v) is 8.30. The molecule has 1 saturated carbocycles. The van der Waals surface area contributed by atoms with Crippen LogP contribution in [0.1, 0.15) is 32.6 Å². The lowest BCUT2D eigenvalue weighted by molar-refractivity contribution is 0.297. The van der Waals surface area contributed by atoms with Crippen LogP contribution in [0.3, 0.4) is 0 Å². The van der Waals surface area contributed by atoms with Gasteiger partial charge >= 0.3 is 8.25 Å². The molecule has 4 nitrogen and oxygen atoms in total. The Morgan fingerprint density at radius 3 is 2.17 bits per heavy atom. The van der Waals surface area contributed by atoms with E-state index >= 15 is 0 Å². The Kier molecular flexibility index (Phi) is 7.61. The van der Waals surface area contributed by atoms with E-state index in [4.69, 9.17) is 10.6 Å². The van der Waals surface area contributed by atoms with Crippen molar-refractivity contribution in [1.29, 1.82) is 0 Å². The van der Waals surface area contributed by atoms with Gasteiger partial charge in [0.15, 0.2) is 0 Å². The SMILES string of the molecule is CCO[P+](=O)O.NC1CCCC1. The van der Waals surface area contributed by atoms with Crippen molar-refractivity contribution >= 4 is 8.25 Å². The third kappa shape index (κ3) is 8.08. The molecule has 12 heavy (non-hydrogen) atoms. The van der Waals surface area contributed by atoms with Gasteiger partial charge in [0, 0.05) is 10.6 Å². The van der Waals surface area contributed by atoms with E-state index in [0.29, 0.717) is 12.6 Å². The topological polar surface area (TPSA) is 72.5 Å². The zero-order chi connectivity index (χ0) is 9.40. The molecule has 1 aliphatic rings. The van der Waals surface area contributed by atoms with Crippen LogP contribution < -0.4 is 5.73 Å². The molecule has 1 unspecified atom stereocenters. The van der Waals surface area contributed by atoms with Crippen molar-refractivity contribution in [3.8, 4) is 0 Å². The van der Waals surface area contributed by atoms with Crippen LogP contribution in [-0.4, -0.2) is 17.5 Å². The maximum Gasteiger partial charge on any atom is 0.694 e. The van der Waals surface area contributed by atoms with E-state index in [-0.39, 0.29) is 0 Å². The van der Waals surface area contributed by atoms with Gasteiger partial charge in [-0.1, -0.05) is 12.8 Å². The van der Waals surface area contributed by atoms with Crippen molar-refractivity contribution in [2.24, 2.45) is 5.73 Å². The van der Waals surface area contributed by atoms with Crippen molar-refractivity contribution in [2.45, 2.75) is 38.6 Å². The number of rotatable bonds is 2. The summed E-state index contributed by atoms with van der Waals surface area (Å²) in [6.45, 7) is 1.95. The Morgan fingerprint density at radius 2 is 2.08 bits per heavy atom. The Hall–Kier alpha value is -0.0200. The third-order valence-corrected chi connectivity index (χ3v) is 2.12. The lowest BCUT2D eigenvalue weighted by Gasteiger charge is -1.92. The highest BCUT2D eigenvalue weighted by atomic mass is 31.1. The fourth-order valence-electron chi connectivity index (χ4n) is 1.07. The first-order chi connectivity index (χ1) is 5.66. The Morgan fingerprint density at radius 1 is 1.58 bits per heavy atom. The highest BCUT2D eigenvalue weighted by Crippen LogP contribution is 2.14. The normalized spacial score (nSPS) is 18.4. The second-order valence-corrected chi connectivity index (χ2v) is 3.43. The van der Waals surface area contributed by atoms with E-state index in [1.807, 2.05) is 0 Å². The van der Waals surface area contributed by atoms with Crippen molar-refractivity contribution in [3.63, 3.8) is 0 Å². The van der Waals surface area contributed by atoms with Crippen LogP contribution in [0.5, 0.6) is 0 Å². The summed E-state index contributed by atoms with van der Waals surface area (Å²) in [6.07, 6.45) is 5.25. The number of hydrogen-bond acceptors (Lipinski definition) is 3. The molecule has 0 aliphatic heterocycles. The quantitative estimate of drug-likeness (QED) is 0.654. The van der Waals surface area contributed by atoms with Gasteiger partial charge in [-0.05, 0) is 19.8 Å². The van der Waals surface area contributed by atoms with Crippen LogP contribution in [0.4, 0.5) is 0 Å². The summed E-state index contributed by atoms with van der Waals surface area (Å²) in [5.74, 6) is 0. The molecule has 0 heterocycles. The van der Waals surface area contributed by atoms with Gasteiger partial charge in [-0.3, -0.25) is 0 Å². The van der Waals surface area contributed by atoms with Crippen molar-refractivity contribution in [3.05, 3.63) is 0 Å². The largest absolute Gasteiger partial charge is 0.694 e. The second kappa shape index (κ2) is 7.62. The lowest BCUT2D eigenvalue weighted by Crippen LogP contribution is -2.13. The Balaban J connectivity index is 0.000000202. The van der Waals surface area contributed by atoms with Crippen LogP contribution in [0.2, 0.25) is 0 Å². The molecule has 72 valence electrons. The van der Waals surface area contributed by atoms with E-state index in [2.05, 4.69) is 4.52 Å². The predicted octanol–water partition coefficient (Wildman–Crippen LogP) is 1.56. The molecule has 5 heteroatoms. The molecule has 0 aromatic rings. The minimum atomic E-state index is -2.35. The number of nitrogens with two attached hydrogens (primary N) is 1. The fourth-order valence-corrected chi connectivity index (χ4v) is 1.29. The van der Waals surface area contributed by atoms with E-state index in [9.17, 15) is 4.57 Å². The number of hydrogen-bond donors (Lipinski definition) is 2. The van der Waals surface area contributed by atoms with Gasteiger partial charge in [0.1, 0.15) is 6.61 Å². The van der Waals surface area contributed by atoms with E-state index in [1.54, 1.807) is 6.92 Å². The average Bonchev–Trinajstić information content (AvgIpc) is 2.40. The van der Waals surface area contributed by atoms with E-state index < -0.39 is 8.25 Å². The molecule has 1 aliphatic carbocycles. The maximum absolute atomic E-state index is 9.53. The predicted molar refractivity (Wildman–Crippen MR) is 47.9 cm³/mol. The molecule has 0 saturated heterocycles. The van der Waals surface area contributed by atoms with Crippen LogP contribution in [0.25, 0.3) is 0 Å². The van der Waals surface area contributed by atoms with Gasteiger partial charge < -0.3 is 5.73 Å². The molecule has 1 fully saturated rings. The van der Waals surface area contributed by atoms with Gasteiger partial charge in [-0.25, -0.2) is 0 Å². The summed E-state index contributed by atoms with van der Waals surface area (Å²) < 4.78 is 13.6. The van der Waals surface area contributed by atoms with Crippen molar-refractivity contribution in [2.75, 3.05) is 6.61 Å². The maximum atomic E-state index is 9.53. The summed E-state index contributed by atoms with van der Waals surface area (Å²) in [5.41, 5.74) is 5.53. The highest BCUT2D eigenvalue weighted by Gasteiger charge is 2.07. The Labute approximate surface area is 74.1 Å². The summed E-state index contributed by atoms with van der Waals surface area (Å²) in [7, 11) is -2.35. The Bertz CT molecular complexity index is 126. The first-order valence-electron chi connectivity index (χ1n) is 4.21. The summed E-state index contributed by atoms with van der Waals surface area (Å²) >= 11 is 0. The molecule has 0 aromatic carbocycles. The van der Waals surface area contributed by atoms with Crippen molar-refractivity contribution in [1.82, 2.24) is 0 Å². The molecule has 1 atom stereocenters. The van der Waals surface area contributed by atoms with Crippen LogP contribution in [-0.2, 0) is 9.09 Å². The average molecular weight is 194 g/mol. The lowest BCUT2D eigenvalue weighted by atomic mass is 10.3. The molecular formula is C7H17NO3P+. The zero-order valence-electron chi connectivity index (χ0n) is 7.40. The molecule has 3 N–H and O–H groups in total. The molecule has 0 spiro atoms. The molecule has 1 rings (SSSR count). The first-order valence-corrected chi connectivity index (χ1v) is 5.34. The van der Waals surface area contributed by atoms with Gasteiger partial charge in [-0.2, -0.15) is 0 Å². The van der Waals surface area contributed by atoms with Crippen LogP contribution in [0.15, 0.2) is 0 Å². The monoisotopic (exact) mass is 194 g/mol. The molecule has 0 amide bonds. The molecule has 0 aromatic heterocycles. The highest BCUT2D eigenvalue weighted by molar-refractivity contribution is 7.32. The second-order valence-electron chi connectivity index (χ2n) is 2.70. The molecule has 0 radical (unpaired) electrons. The minimum absolute atomic E-state index is 0.297. The van der Waals surface area contributed by atoms with Gasteiger partial charge in [0.25, 0.3) is 0 Å². The fraction of sp³-hybridized carbons (Fsp3) is 1.00. The van der Waals surface area contributed by atoms with Crippen LogP contribution >= 0.6 is 8.25 Å². The van der Waals surface area contributed by atoms with Crippen molar-refractivity contribution < 1.29 is 14.0 Å². The van der Waals surface area contributed by atoms with Crippen LogP contribution in [0, 0.1) is 0 Å². The van der Waals surface area contributed by atoms with Gasteiger partial charge in [0.2, 0.25) is 0 Å². The van der Waals surface area contributed by atoms with Gasteiger partial charge in [-0.15, -0.1) is 9.42 Å². The van der Waals surface area contributed by atoms with Gasteiger partial charge in [0.05, 0.1) is 0 Å². The molecular weight excluding hydrogens is 177 g/mol. The smallest absolute Gasteiger partial charge is 0.328 e. The minimum Gasteiger partial charge on any atom is -0.328 e. The summed E-state index contributed by atoms with van der Waals surface area (Å²) in [6, 6.07) is 0.546. The van der Waals surface area contributed by atoms with E-state index in [1.165, 1.54) is 25.7 Å². The standard InChI is InChI=1S/C5H11N.C2H5O3P/c6-5-3-1-2-4-5;1-2-5-6(3)4/h5H,1-4,6H2;2H2,1H3/p+1. The molecule has 0 bridgehead atoms. The summed E-state index contributed by atoms with van der Waals surface area (Å²) in [5, 5.41) is 0. The first kappa shape index (κ1) is 12.0.